The first-order chi connectivity index (χ1) is 30.8. The fraction of sp³-hybridized carbons (Fsp3) is 0.0492. The molecular formula is C61H43N. The van der Waals surface area contributed by atoms with Crippen molar-refractivity contribution in [3.05, 3.63) is 277 Å². The van der Waals surface area contributed by atoms with Gasteiger partial charge in [-0.15, -0.1) is 0 Å². The minimum atomic E-state index is -0.257. The van der Waals surface area contributed by atoms with E-state index in [1.807, 2.05) is 0 Å². The van der Waals surface area contributed by atoms with Gasteiger partial charge in [0.25, 0.3) is 0 Å². The lowest BCUT2D eigenvalue weighted by Gasteiger charge is -2.37. The molecule has 0 radical (unpaired) electrons. The van der Waals surface area contributed by atoms with Crippen LogP contribution in [0.5, 0.6) is 0 Å². The molecule has 1 nitrogen and oxygen atoms in total. The van der Waals surface area contributed by atoms with Crippen molar-refractivity contribution >= 4 is 22.6 Å². The van der Waals surface area contributed by atoms with Crippen molar-refractivity contribution in [3.63, 3.8) is 0 Å². The van der Waals surface area contributed by atoms with Gasteiger partial charge >= 0.3 is 0 Å². The van der Waals surface area contributed by atoms with E-state index in [0.717, 1.165) is 17.1 Å². The van der Waals surface area contributed by atoms with Crippen LogP contribution in [0.4, 0.5) is 17.1 Å². The highest BCUT2D eigenvalue weighted by molar-refractivity contribution is 5.92. The molecule has 9 aromatic carbocycles. The second kappa shape index (κ2) is 14.8. The van der Waals surface area contributed by atoms with E-state index in [9.17, 15) is 0 Å². The number of fused-ring (bicyclic) bond motifs is 10. The van der Waals surface area contributed by atoms with Crippen LogP contribution in [0.3, 0.4) is 0 Å². The Morgan fingerprint density at radius 2 is 0.823 bits per heavy atom. The fourth-order valence-electron chi connectivity index (χ4n) is 11.0. The van der Waals surface area contributed by atoms with E-state index >= 15 is 0 Å². The van der Waals surface area contributed by atoms with Crippen LogP contribution >= 0.6 is 0 Å². The Hall–Kier alpha value is -7.74. The van der Waals surface area contributed by atoms with Gasteiger partial charge < -0.3 is 4.90 Å². The molecule has 0 bridgehead atoms. The third-order valence-corrected chi connectivity index (χ3v) is 13.6. The molecule has 0 saturated carbocycles. The molecule has 62 heavy (non-hydrogen) atoms. The van der Waals surface area contributed by atoms with Crippen molar-refractivity contribution in [1.29, 1.82) is 0 Å². The van der Waals surface area contributed by atoms with Gasteiger partial charge in [-0.1, -0.05) is 212 Å². The number of allylic oxidation sites excluding steroid dienone is 4. The molecule has 2 atom stereocenters. The maximum Gasteiger partial charge on any atom is 0.0540 e. The van der Waals surface area contributed by atoms with Gasteiger partial charge in [0.1, 0.15) is 0 Å². The smallest absolute Gasteiger partial charge is 0.0540 e. The molecule has 0 aliphatic heterocycles. The molecule has 292 valence electrons. The zero-order valence-electron chi connectivity index (χ0n) is 34.3. The maximum absolute atomic E-state index is 2.49. The van der Waals surface area contributed by atoms with Crippen LogP contribution in [0, 0.1) is 5.92 Å². The first-order valence-corrected chi connectivity index (χ1v) is 21.8. The molecule has 12 rings (SSSR count). The quantitative estimate of drug-likeness (QED) is 0.155. The summed E-state index contributed by atoms with van der Waals surface area (Å²) in [6.45, 7) is 0. The van der Waals surface area contributed by atoms with Gasteiger partial charge in [-0.3, -0.25) is 0 Å². The first kappa shape index (κ1) is 36.1. The molecule has 0 amide bonds. The van der Waals surface area contributed by atoms with Gasteiger partial charge in [-0.05, 0) is 109 Å². The van der Waals surface area contributed by atoms with Gasteiger partial charge in [0.15, 0.2) is 0 Å². The summed E-state index contributed by atoms with van der Waals surface area (Å²) < 4.78 is 0. The highest BCUT2D eigenvalue weighted by Crippen LogP contribution is 2.67. The van der Waals surface area contributed by atoms with E-state index in [1.165, 1.54) is 77.9 Å². The van der Waals surface area contributed by atoms with Crippen LogP contribution in [0.2, 0.25) is 0 Å². The normalized spacial score (nSPS) is 16.2. The van der Waals surface area contributed by atoms with E-state index in [-0.39, 0.29) is 17.3 Å². The Balaban J connectivity index is 0.987. The van der Waals surface area contributed by atoms with Gasteiger partial charge in [0.05, 0.1) is 11.1 Å². The lowest BCUT2D eigenvalue weighted by Crippen LogP contribution is -2.33. The second-order valence-corrected chi connectivity index (χ2v) is 16.8. The van der Waals surface area contributed by atoms with Crippen LogP contribution in [-0.4, -0.2) is 0 Å². The van der Waals surface area contributed by atoms with Crippen LogP contribution < -0.4 is 4.90 Å². The first-order valence-electron chi connectivity index (χ1n) is 21.8. The predicted molar refractivity (Wildman–Crippen MR) is 259 cm³/mol. The molecule has 1 spiro atoms. The Morgan fingerprint density at radius 3 is 1.44 bits per heavy atom. The minimum absolute atomic E-state index is 0.207. The monoisotopic (exact) mass is 789 g/mol. The molecule has 0 heterocycles. The van der Waals surface area contributed by atoms with Crippen molar-refractivity contribution in [2.75, 3.05) is 4.90 Å². The van der Waals surface area contributed by atoms with E-state index in [1.54, 1.807) is 0 Å². The number of nitrogens with zero attached hydrogens (tertiary/aromatic N) is 1. The Bertz CT molecular complexity index is 3110. The summed E-state index contributed by atoms with van der Waals surface area (Å²) >= 11 is 0. The van der Waals surface area contributed by atoms with E-state index in [2.05, 4.69) is 254 Å². The minimum Gasteiger partial charge on any atom is -0.310 e. The van der Waals surface area contributed by atoms with Crippen LogP contribution in [0.25, 0.3) is 50.1 Å². The summed E-state index contributed by atoms with van der Waals surface area (Å²) in [5.41, 5.74) is 21.3. The Kier molecular flexibility index (Phi) is 8.61. The summed E-state index contributed by atoms with van der Waals surface area (Å²) in [6.07, 6.45) is 7.18. The number of rotatable bonds is 7. The number of benzene rings is 9. The van der Waals surface area contributed by atoms with Crippen LogP contribution in [-0.2, 0) is 5.41 Å². The van der Waals surface area contributed by atoms with Crippen molar-refractivity contribution in [2.45, 2.75) is 11.3 Å². The average Bonchev–Trinajstić information content (AvgIpc) is 3.83. The summed E-state index contributed by atoms with van der Waals surface area (Å²) in [5, 5.41) is 0. The molecule has 0 fully saturated rings. The largest absolute Gasteiger partial charge is 0.310 e. The predicted octanol–water partition coefficient (Wildman–Crippen LogP) is 15.8. The number of anilines is 3. The summed E-state index contributed by atoms with van der Waals surface area (Å²) in [4.78, 5) is 2.43. The molecule has 9 aromatic rings. The van der Waals surface area contributed by atoms with Crippen molar-refractivity contribution in [2.24, 2.45) is 5.92 Å². The SMILES string of the molecule is C1=CC2C(C(c3ccc(N(c4ccc(-c5ccccc5)cc4)c4ccc(-c5ccccc5)cc4-c4ccccc4)cc3)=C1)c1ccccc1C21c2ccccc2-c2ccccc21. The van der Waals surface area contributed by atoms with Gasteiger partial charge in [-0.2, -0.15) is 0 Å². The summed E-state index contributed by atoms with van der Waals surface area (Å²) in [7, 11) is 0. The third-order valence-electron chi connectivity index (χ3n) is 13.6. The maximum atomic E-state index is 2.49. The van der Waals surface area contributed by atoms with Gasteiger partial charge in [-0.25, -0.2) is 0 Å². The van der Waals surface area contributed by atoms with E-state index in [0.29, 0.717) is 0 Å². The molecule has 3 aliphatic carbocycles. The van der Waals surface area contributed by atoms with Crippen molar-refractivity contribution in [3.8, 4) is 44.5 Å². The summed E-state index contributed by atoms with van der Waals surface area (Å²) in [6, 6.07) is 84.9. The van der Waals surface area contributed by atoms with Crippen LogP contribution in [0.15, 0.2) is 249 Å². The molecule has 0 N–H and O–H groups in total. The van der Waals surface area contributed by atoms with E-state index in [4.69, 9.17) is 0 Å². The third kappa shape index (κ3) is 5.62. The second-order valence-electron chi connectivity index (χ2n) is 16.8. The van der Waals surface area contributed by atoms with E-state index < -0.39 is 0 Å². The topological polar surface area (TPSA) is 3.24 Å². The van der Waals surface area contributed by atoms with Gasteiger partial charge in [0.2, 0.25) is 0 Å². The number of hydrogen-bond donors (Lipinski definition) is 0. The standard InChI is InChI=1S/C61H43N/c1-4-17-42(18-5-1)44-31-36-48(37-32-44)62(59-40-35-47(43-19-6-2-7-20-43)41-54(59)45-21-8-3-9-22-45)49-38-33-46(34-39-49)50-26-16-30-58-60(50)53-25-12-15-29-57(53)61(58)55-27-13-10-23-51(55)52-24-11-14-28-56(52)61/h1-41,58,60H. The zero-order chi connectivity index (χ0) is 41.0. The fourth-order valence-corrected chi connectivity index (χ4v) is 11.0. The molecule has 0 aromatic heterocycles. The highest BCUT2D eigenvalue weighted by atomic mass is 15.1. The lowest BCUT2D eigenvalue weighted by atomic mass is 9.64. The van der Waals surface area contributed by atoms with Crippen molar-refractivity contribution in [1.82, 2.24) is 0 Å². The number of hydrogen-bond acceptors (Lipinski definition) is 1. The summed E-state index contributed by atoms with van der Waals surface area (Å²) in [5.74, 6) is 0.443. The van der Waals surface area contributed by atoms with Crippen molar-refractivity contribution < 1.29 is 0 Å². The Labute approximate surface area is 364 Å². The van der Waals surface area contributed by atoms with Gasteiger partial charge in [0, 0.05) is 28.8 Å². The molecular weight excluding hydrogens is 747 g/mol. The molecule has 2 unspecified atom stereocenters. The molecule has 3 aliphatic rings. The molecule has 0 saturated heterocycles. The zero-order valence-corrected chi connectivity index (χ0v) is 34.3. The Morgan fingerprint density at radius 1 is 0.355 bits per heavy atom. The lowest BCUT2D eigenvalue weighted by molar-refractivity contribution is 0.472. The highest BCUT2D eigenvalue weighted by Gasteiger charge is 2.58. The average molecular weight is 790 g/mol. The molecule has 1 heteroatoms. The van der Waals surface area contributed by atoms with Crippen LogP contribution in [0.1, 0.15) is 33.7 Å².